The van der Waals surface area contributed by atoms with E-state index in [2.05, 4.69) is 20.5 Å². The lowest BCUT2D eigenvalue weighted by Gasteiger charge is -2.40. The first-order chi connectivity index (χ1) is 12.2. The van der Waals surface area contributed by atoms with E-state index in [0.29, 0.717) is 25.5 Å². The zero-order valence-electron chi connectivity index (χ0n) is 16.2. The van der Waals surface area contributed by atoms with Crippen molar-refractivity contribution in [3.63, 3.8) is 0 Å². The molecule has 146 valence electrons. The lowest BCUT2D eigenvalue weighted by molar-refractivity contribution is -0.127. The Morgan fingerprint density at radius 2 is 1.92 bits per heavy atom. The van der Waals surface area contributed by atoms with Gasteiger partial charge in [0.2, 0.25) is 17.7 Å². The molecule has 0 aromatic rings. The number of carbonyl (C=O) groups excluding carboxylic acids is 3. The van der Waals surface area contributed by atoms with Crippen molar-refractivity contribution in [2.45, 2.75) is 19.3 Å². The molecule has 2 aliphatic heterocycles. The summed E-state index contributed by atoms with van der Waals surface area (Å²) in [6.07, 6.45) is 2.45. The Morgan fingerprint density at radius 1 is 1.23 bits per heavy atom. The van der Waals surface area contributed by atoms with Gasteiger partial charge in [-0.15, -0.1) is 0 Å². The second-order valence-corrected chi connectivity index (χ2v) is 7.55. The van der Waals surface area contributed by atoms with Gasteiger partial charge in [0.25, 0.3) is 0 Å². The van der Waals surface area contributed by atoms with E-state index in [-0.39, 0.29) is 36.2 Å². The summed E-state index contributed by atoms with van der Waals surface area (Å²) in [5.41, 5.74) is -0.0884. The van der Waals surface area contributed by atoms with E-state index >= 15 is 0 Å². The van der Waals surface area contributed by atoms with Crippen molar-refractivity contribution in [3.05, 3.63) is 0 Å². The summed E-state index contributed by atoms with van der Waals surface area (Å²) < 4.78 is 0. The van der Waals surface area contributed by atoms with Crippen molar-refractivity contribution in [3.8, 4) is 0 Å². The first-order valence-electron chi connectivity index (χ1n) is 8.93. The molecular weight excluding hydrogens is 336 g/mol. The highest BCUT2D eigenvalue weighted by Gasteiger charge is 2.42. The van der Waals surface area contributed by atoms with Gasteiger partial charge in [-0.1, -0.05) is 0 Å². The standard InChI is InChI=1S/C17H30N6O3/c1-21(2)14(25)9-18-16(19-10-15(26)22(3)4)23-7-5-6-17(12-23)8-13(24)20-11-17/h5-12H2,1-4H3,(H,18,19)(H,20,24). The fourth-order valence-corrected chi connectivity index (χ4v) is 3.29. The molecule has 0 bridgehead atoms. The zero-order valence-corrected chi connectivity index (χ0v) is 16.2. The Morgan fingerprint density at radius 3 is 2.50 bits per heavy atom. The number of guanidine groups is 1. The van der Waals surface area contributed by atoms with Gasteiger partial charge in [0.1, 0.15) is 6.54 Å². The van der Waals surface area contributed by atoms with Crippen LogP contribution in [0.5, 0.6) is 0 Å². The van der Waals surface area contributed by atoms with Crippen molar-refractivity contribution in [1.82, 2.24) is 25.3 Å². The molecule has 1 unspecified atom stereocenters. The van der Waals surface area contributed by atoms with Crippen molar-refractivity contribution in [1.29, 1.82) is 0 Å². The van der Waals surface area contributed by atoms with Crippen LogP contribution in [-0.2, 0) is 14.4 Å². The van der Waals surface area contributed by atoms with E-state index in [0.717, 1.165) is 19.4 Å². The predicted octanol–water partition coefficient (Wildman–Crippen LogP) is -1.29. The highest BCUT2D eigenvalue weighted by Crippen LogP contribution is 2.35. The molecule has 9 heteroatoms. The van der Waals surface area contributed by atoms with E-state index in [4.69, 9.17) is 0 Å². The molecule has 0 aromatic carbocycles. The maximum Gasteiger partial charge on any atom is 0.243 e. The minimum atomic E-state index is -0.104. The molecule has 2 N–H and O–H groups in total. The second-order valence-electron chi connectivity index (χ2n) is 7.55. The number of nitrogens with one attached hydrogen (secondary N) is 2. The first-order valence-corrected chi connectivity index (χ1v) is 8.93. The second kappa shape index (κ2) is 8.37. The van der Waals surface area contributed by atoms with Gasteiger partial charge in [-0.25, -0.2) is 4.99 Å². The van der Waals surface area contributed by atoms with Crippen LogP contribution >= 0.6 is 0 Å². The largest absolute Gasteiger partial charge is 0.355 e. The van der Waals surface area contributed by atoms with Crippen LogP contribution in [0.3, 0.4) is 0 Å². The number of likely N-dealkylation sites (tertiary alicyclic amines) is 1. The molecular formula is C17H30N6O3. The molecule has 2 fully saturated rings. The summed E-state index contributed by atoms with van der Waals surface area (Å²) in [5.74, 6) is 0.464. The number of nitrogens with zero attached hydrogens (tertiary/aromatic N) is 4. The van der Waals surface area contributed by atoms with Crippen LogP contribution in [0.4, 0.5) is 0 Å². The van der Waals surface area contributed by atoms with Crippen molar-refractivity contribution in [2.24, 2.45) is 10.4 Å². The molecule has 0 saturated carbocycles. The molecule has 26 heavy (non-hydrogen) atoms. The normalized spacial score (nSPS) is 23.0. The molecule has 9 nitrogen and oxygen atoms in total. The number of piperidine rings is 1. The van der Waals surface area contributed by atoms with Gasteiger partial charge in [-0.2, -0.15) is 0 Å². The third-order valence-electron chi connectivity index (χ3n) is 4.92. The van der Waals surface area contributed by atoms with Crippen LogP contribution in [0, 0.1) is 5.41 Å². The number of hydrogen-bond donors (Lipinski definition) is 2. The third-order valence-corrected chi connectivity index (χ3v) is 4.92. The minimum absolute atomic E-state index is 0.0200. The van der Waals surface area contributed by atoms with Gasteiger partial charge in [-0.3, -0.25) is 14.4 Å². The van der Waals surface area contributed by atoms with Crippen LogP contribution < -0.4 is 10.6 Å². The summed E-state index contributed by atoms with van der Waals surface area (Å²) in [6.45, 7) is 2.27. The monoisotopic (exact) mass is 366 g/mol. The minimum Gasteiger partial charge on any atom is -0.355 e. The van der Waals surface area contributed by atoms with Gasteiger partial charge >= 0.3 is 0 Å². The number of amides is 3. The Hall–Kier alpha value is -2.32. The number of rotatable bonds is 4. The summed E-state index contributed by atoms with van der Waals surface area (Å²) in [5, 5.41) is 6.01. The lowest BCUT2D eigenvalue weighted by Crippen LogP contribution is -2.53. The highest BCUT2D eigenvalue weighted by atomic mass is 16.2. The number of aliphatic imine (C=N–C) groups is 1. The summed E-state index contributed by atoms with van der Waals surface area (Å²) in [7, 11) is 6.77. The zero-order chi connectivity index (χ0) is 19.3. The quantitative estimate of drug-likeness (QED) is 0.477. The third kappa shape index (κ3) is 5.09. The number of carbonyl (C=O) groups is 3. The summed E-state index contributed by atoms with van der Waals surface area (Å²) in [6, 6.07) is 0. The fraction of sp³-hybridized carbons (Fsp3) is 0.765. The van der Waals surface area contributed by atoms with Crippen LogP contribution in [0.15, 0.2) is 4.99 Å². The molecule has 2 rings (SSSR count). The molecule has 1 atom stereocenters. The summed E-state index contributed by atoms with van der Waals surface area (Å²) >= 11 is 0. The Kier molecular flexibility index (Phi) is 6.44. The van der Waals surface area contributed by atoms with Crippen LogP contribution in [-0.4, -0.2) is 99.3 Å². The topological polar surface area (TPSA) is 97.3 Å². The van der Waals surface area contributed by atoms with Crippen molar-refractivity contribution >= 4 is 23.7 Å². The van der Waals surface area contributed by atoms with Crippen LogP contribution in [0.2, 0.25) is 0 Å². The van der Waals surface area contributed by atoms with Crippen molar-refractivity contribution < 1.29 is 14.4 Å². The molecule has 0 aliphatic carbocycles. The Bertz CT molecular complexity index is 589. The van der Waals surface area contributed by atoms with Crippen LogP contribution in [0.25, 0.3) is 0 Å². The maximum atomic E-state index is 11.9. The van der Waals surface area contributed by atoms with Gasteiger partial charge in [-0.05, 0) is 12.8 Å². The van der Waals surface area contributed by atoms with Gasteiger partial charge in [0.15, 0.2) is 5.96 Å². The lowest BCUT2D eigenvalue weighted by atomic mass is 9.79. The molecule has 0 radical (unpaired) electrons. The van der Waals surface area contributed by atoms with Gasteiger partial charge < -0.3 is 25.3 Å². The number of hydrogen-bond acceptors (Lipinski definition) is 4. The molecule has 2 heterocycles. The fourth-order valence-electron chi connectivity index (χ4n) is 3.29. The maximum absolute atomic E-state index is 11.9. The first kappa shape index (κ1) is 20.0. The molecule has 1 spiro atoms. The molecule has 3 amide bonds. The molecule has 2 aliphatic rings. The van der Waals surface area contributed by atoms with Gasteiger partial charge in [0.05, 0.1) is 6.54 Å². The summed E-state index contributed by atoms with van der Waals surface area (Å²) in [4.78, 5) is 45.0. The molecule has 0 aromatic heterocycles. The van der Waals surface area contributed by atoms with E-state index in [1.54, 1.807) is 28.2 Å². The van der Waals surface area contributed by atoms with E-state index in [9.17, 15) is 14.4 Å². The van der Waals surface area contributed by atoms with Crippen LogP contribution in [0.1, 0.15) is 19.3 Å². The van der Waals surface area contributed by atoms with Gasteiger partial charge in [0, 0.05) is 59.7 Å². The van der Waals surface area contributed by atoms with Crippen molar-refractivity contribution in [2.75, 3.05) is 60.9 Å². The SMILES string of the molecule is CN(C)C(=O)CN=C(NCC(=O)N(C)C)N1CCCC2(CNC(=O)C2)C1. The predicted molar refractivity (Wildman–Crippen MR) is 98.6 cm³/mol. The van der Waals surface area contributed by atoms with E-state index in [1.807, 2.05) is 0 Å². The average Bonchev–Trinajstić information content (AvgIpc) is 2.93. The van der Waals surface area contributed by atoms with E-state index < -0.39 is 0 Å². The Balaban J connectivity index is 2.10. The highest BCUT2D eigenvalue weighted by molar-refractivity contribution is 5.88. The Labute approximate surface area is 154 Å². The smallest absolute Gasteiger partial charge is 0.243 e. The van der Waals surface area contributed by atoms with E-state index in [1.165, 1.54) is 9.80 Å². The number of likely N-dealkylation sites (N-methyl/N-ethyl adjacent to an activating group) is 2. The molecule has 2 saturated heterocycles. The average molecular weight is 366 g/mol.